The number of carbonyl (C=O) groups is 1. The summed E-state index contributed by atoms with van der Waals surface area (Å²) in [7, 11) is 1.78. The van der Waals surface area contributed by atoms with Crippen LogP contribution in [-0.4, -0.2) is 60.8 Å². The number of nitrogens with zero attached hydrogens (tertiary/aromatic N) is 3. The lowest BCUT2D eigenvalue weighted by Crippen LogP contribution is -2.44. The van der Waals surface area contributed by atoms with Crippen LogP contribution in [0, 0.1) is 0 Å². The second-order valence-corrected chi connectivity index (χ2v) is 6.32. The van der Waals surface area contributed by atoms with E-state index in [0.29, 0.717) is 37.2 Å². The van der Waals surface area contributed by atoms with Gasteiger partial charge in [0.1, 0.15) is 0 Å². The highest BCUT2D eigenvalue weighted by atomic mass is 35.5. The molecule has 1 saturated heterocycles. The van der Waals surface area contributed by atoms with Gasteiger partial charge in [-0.3, -0.25) is 4.79 Å². The highest BCUT2D eigenvalue weighted by molar-refractivity contribution is 6.31. The zero-order valence-corrected chi connectivity index (χ0v) is 14.0. The van der Waals surface area contributed by atoms with Gasteiger partial charge in [0.05, 0.1) is 19.6 Å². The fourth-order valence-corrected chi connectivity index (χ4v) is 2.99. The van der Waals surface area contributed by atoms with E-state index in [4.69, 9.17) is 21.2 Å². The molecule has 2 aliphatic rings. The Kier molecular flexibility index (Phi) is 4.57. The van der Waals surface area contributed by atoms with Crippen molar-refractivity contribution in [2.45, 2.75) is 19.1 Å². The highest BCUT2D eigenvalue weighted by Gasteiger charge is 2.39. The second kappa shape index (κ2) is 6.47. The van der Waals surface area contributed by atoms with Gasteiger partial charge in [-0.2, -0.15) is 0 Å². The highest BCUT2D eigenvalue weighted by Crippen LogP contribution is 2.29. The Morgan fingerprint density at radius 3 is 2.83 bits per heavy atom. The molecular formula is C16H20ClN3O3. The number of rotatable bonds is 3. The fraction of sp³-hybridized carbons (Fsp3) is 0.500. The maximum absolute atomic E-state index is 12.4. The summed E-state index contributed by atoms with van der Waals surface area (Å²) in [5.41, 5.74) is -0.0375. The molecule has 0 saturated carbocycles. The molecule has 23 heavy (non-hydrogen) atoms. The van der Waals surface area contributed by atoms with Gasteiger partial charge >= 0.3 is 0 Å². The normalized spacial score (nSPS) is 24.7. The third-order valence-corrected chi connectivity index (χ3v) is 4.14. The quantitative estimate of drug-likeness (QED) is 0.845. The van der Waals surface area contributed by atoms with Crippen molar-refractivity contribution in [3.05, 3.63) is 34.9 Å². The number of benzene rings is 1. The Morgan fingerprint density at radius 1 is 1.39 bits per heavy atom. The van der Waals surface area contributed by atoms with E-state index in [1.165, 1.54) is 0 Å². The molecule has 0 aliphatic carbocycles. The van der Waals surface area contributed by atoms with E-state index in [9.17, 15) is 4.79 Å². The number of ether oxygens (including phenoxy) is 1. The zero-order chi connectivity index (χ0) is 16.4. The van der Waals surface area contributed by atoms with E-state index in [2.05, 4.69) is 4.99 Å². The number of hydrogen-bond acceptors (Lipinski definition) is 5. The Morgan fingerprint density at radius 2 is 2.13 bits per heavy atom. The number of hydroxylamine groups is 2. The average Bonchev–Trinajstić information content (AvgIpc) is 2.83. The first-order valence-corrected chi connectivity index (χ1v) is 7.99. The molecule has 1 aromatic carbocycles. The van der Waals surface area contributed by atoms with Crippen molar-refractivity contribution >= 4 is 23.3 Å². The lowest BCUT2D eigenvalue weighted by molar-refractivity contribution is -0.172. The summed E-state index contributed by atoms with van der Waals surface area (Å²) in [6, 6.07) is 7.42. The molecular weight excluding hydrogens is 318 g/mol. The molecule has 1 fully saturated rings. The number of morpholine rings is 1. The molecule has 1 aromatic rings. The standard InChI is InChI=1S/C16H20ClN3O3/c1-16(11-14(21)20-6-8-22-9-7-20)18-15(19(2)23-16)12-4-3-5-13(17)10-12/h3-5,10H,6-9,11H2,1-2H3. The fourth-order valence-electron chi connectivity index (χ4n) is 2.80. The first-order valence-electron chi connectivity index (χ1n) is 7.61. The van der Waals surface area contributed by atoms with E-state index >= 15 is 0 Å². The molecule has 6 nitrogen and oxygen atoms in total. The minimum atomic E-state index is -0.901. The van der Waals surface area contributed by atoms with Crippen molar-refractivity contribution in [3.63, 3.8) is 0 Å². The van der Waals surface area contributed by atoms with Crippen LogP contribution in [-0.2, 0) is 14.4 Å². The monoisotopic (exact) mass is 337 g/mol. The summed E-state index contributed by atoms with van der Waals surface area (Å²) in [5.74, 6) is 0.699. The molecule has 0 aromatic heterocycles. The van der Waals surface area contributed by atoms with Crippen LogP contribution in [0.2, 0.25) is 5.02 Å². The predicted octanol–water partition coefficient (Wildman–Crippen LogP) is 1.93. The lowest BCUT2D eigenvalue weighted by atomic mass is 10.1. The number of halogens is 1. The van der Waals surface area contributed by atoms with Crippen molar-refractivity contribution in [3.8, 4) is 0 Å². The molecule has 1 unspecified atom stereocenters. The van der Waals surface area contributed by atoms with Gasteiger partial charge in [0, 0.05) is 30.7 Å². The summed E-state index contributed by atoms with van der Waals surface area (Å²) in [5, 5.41) is 2.23. The summed E-state index contributed by atoms with van der Waals surface area (Å²) >= 11 is 6.04. The van der Waals surface area contributed by atoms with Crippen LogP contribution in [0.1, 0.15) is 18.9 Å². The molecule has 0 N–H and O–H groups in total. The molecule has 3 rings (SSSR count). The van der Waals surface area contributed by atoms with Crippen LogP contribution < -0.4 is 0 Å². The van der Waals surface area contributed by atoms with Gasteiger partial charge in [-0.05, 0) is 19.1 Å². The van der Waals surface area contributed by atoms with Crippen LogP contribution in [0.4, 0.5) is 0 Å². The number of carbonyl (C=O) groups excluding carboxylic acids is 1. The minimum Gasteiger partial charge on any atom is -0.378 e. The van der Waals surface area contributed by atoms with Gasteiger partial charge in [0.25, 0.3) is 0 Å². The maximum atomic E-state index is 12.4. The van der Waals surface area contributed by atoms with E-state index in [-0.39, 0.29) is 12.3 Å². The van der Waals surface area contributed by atoms with Gasteiger partial charge in [0.15, 0.2) is 11.6 Å². The van der Waals surface area contributed by atoms with E-state index in [1.807, 2.05) is 31.2 Å². The Labute approximate surface area is 140 Å². The Hall–Kier alpha value is -1.63. The third kappa shape index (κ3) is 3.65. The van der Waals surface area contributed by atoms with Gasteiger partial charge < -0.3 is 9.64 Å². The summed E-state index contributed by atoms with van der Waals surface area (Å²) in [6.45, 7) is 4.23. The summed E-state index contributed by atoms with van der Waals surface area (Å²) in [6.07, 6.45) is 0.196. The SMILES string of the molecule is CN1OC(C)(CC(=O)N2CCOCC2)N=C1c1cccc(Cl)c1. The molecule has 2 heterocycles. The first kappa shape index (κ1) is 16.2. The van der Waals surface area contributed by atoms with Gasteiger partial charge in [0.2, 0.25) is 5.91 Å². The zero-order valence-electron chi connectivity index (χ0n) is 13.3. The molecule has 0 spiro atoms. The van der Waals surface area contributed by atoms with Crippen LogP contribution >= 0.6 is 11.6 Å². The molecule has 1 amide bonds. The smallest absolute Gasteiger partial charge is 0.227 e. The van der Waals surface area contributed by atoms with Crippen molar-refractivity contribution in [2.24, 2.45) is 4.99 Å². The Balaban J connectivity index is 1.75. The molecule has 0 radical (unpaired) electrons. The number of amides is 1. The van der Waals surface area contributed by atoms with Gasteiger partial charge in [-0.25, -0.2) is 14.9 Å². The predicted molar refractivity (Wildman–Crippen MR) is 87.3 cm³/mol. The summed E-state index contributed by atoms with van der Waals surface area (Å²) in [4.78, 5) is 24.7. The van der Waals surface area contributed by atoms with E-state index in [1.54, 1.807) is 17.0 Å². The number of amidine groups is 1. The number of hydrogen-bond donors (Lipinski definition) is 0. The largest absolute Gasteiger partial charge is 0.378 e. The van der Waals surface area contributed by atoms with Crippen molar-refractivity contribution in [1.29, 1.82) is 0 Å². The van der Waals surface area contributed by atoms with Gasteiger partial charge in [-0.15, -0.1) is 0 Å². The molecule has 124 valence electrons. The van der Waals surface area contributed by atoms with Crippen LogP contribution in [0.3, 0.4) is 0 Å². The maximum Gasteiger partial charge on any atom is 0.227 e. The first-order chi connectivity index (χ1) is 11.0. The molecule has 1 atom stereocenters. The second-order valence-electron chi connectivity index (χ2n) is 5.88. The minimum absolute atomic E-state index is 0.0281. The Bertz CT molecular complexity index is 631. The molecule has 7 heteroatoms. The molecule has 0 bridgehead atoms. The van der Waals surface area contributed by atoms with Gasteiger partial charge in [-0.1, -0.05) is 23.7 Å². The van der Waals surface area contributed by atoms with Crippen molar-refractivity contribution in [2.75, 3.05) is 33.4 Å². The van der Waals surface area contributed by atoms with Crippen LogP contribution in [0.15, 0.2) is 29.3 Å². The van der Waals surface area contributed by atoms with E-state index < -0.39 is 5.72 Å². The van der Waals surface area contributed by atoms with Crippen molar-refractivity contribution in [1.82, 2.24) is 9.96 Å². The van der Waals surface area contributed by atoms with Crippen molar-refractivity contribution < 1.29 is 14.4 Å². The summed E-state index contributed by atoms with van der Waals surface area (Å²) < 4.78 is 5.27. The molecule has 2 aliphatic heterocycles. The topological polar surface area (TPSA) is 54.4 Å². The van der Waals surface area contributed by atoms with Crippen LogP contribution in [0.5, 0.6) is 0 Å². The average molecular weight is 338 g/mol. The number of aliphatic imine (C=N–C) groups is 1. The lowest BCUT2D eigenvalue weighted by Gasteiger charge is -2.29. The van der Waals surface area contributed by atoms with E-state index in [0.717, 1.165) is 5.56 Å². The third-order valence-electron chi connectivity index (χ3n) is 3.90. The van der Waals surface area contributed by atoms with Crippen LogP contribution in [0.25, 0.3) is 0 Å².